The van der Waals surface area contributed by atoms with Crippen LogP contribution in [0.5, 0.6) is 6.01 Å². The topological polar surface area (TPSA) is 129 Å². The molecule has 3 aromatic heterocycles. The van der Waals surface area contributed by atoms with Crippen molar-refractivity contribution in [3.63, 3.8) is 0 Å². The van der Waals surface area contributed by atoms with Crippen LogP contribution < -0.4 is 15.4 Å². The van der Waals surface area contributed by atoms with E-state index in [2.05, 4.69) is 15.0 Å². The Morgan fingerprint density at radius 3 is 2.79 bits per heavy atom. The van der Waals surface area contributed by atoms with Crippen LogP contribution in [0.4, 0.5) is 24.0 Å². The van der Waals surface area contributed by atoms with Crippen LogP contribution in [0, 0.1) is 23.0 Å². The number of fused-ring (bicyclic) bond motifs is 4. The monoisotopic (exact) mass is 749 g/mol. The van der Waals surface area contributed by atoms with E-state index in [0.29, 0.717) is 49.5 Å². The molecule has 3 aliphatic heterocycles. The Kier molecular flexibility index (Phi) is 8.67. The summed E-state index contributed by atoms with van der Waals surface area (Å²) in [6.45, 7) is 2.70. The number of nitriles is 1. The highest BCUT2D eigenvalue weighted by Gasteiger charge is 2.49. The summed E-state index contributed by atoms with van der Waals surface area (Å²) in [7, 11) is 3.34. The Labute approximate surface area is 306 Å². The van der Waals surface area contributed by atoms with E-state index in [1.54, 1.807) is 26.2 Å². The Morgan fingerprint density at radius 1 is 1.19 bits per heavy atom. The van der Waals surface area contributed by atoms with Gasteiger partial charge in [0.2, 0.25) is 0 Å². The number of hydrogen-bond donors (Lipinski definition) is 1. The lowest BCUT2D eigenvalue weighted by Crippen LogP contribution is -2.43. The van der Waals surface area contributed by atoms with E-state index < -0.39 is 23.3 Å². The molecule has 0 spiro atoms. The molecule has 0 saturated carbocycles. The first kappa shape index (κ1) is 34.4. The minimum atomic E-state index is -0.966. The molecular weight excluding hydrogens is 715 g/mol. The Bertz CT molecular complexity index is 2310. The predicted octanol–water partition coefficient (Wildman–Crippen LogP) is 6.55. The highest BCUT2D eigenvalue weighted by atomic mass is 35.5. The van der Waals surface area contributed by atoms with Crippen molar-refractivity contribution in [2.24, 2.45) is 0 Å². The maximum atomic E-state index is 17.2. The molecule has 0 aliphatic carbocycles. The summed E-state index contributed by atoms with van der Waals surface area (Å²) in [4.78, 5) is 27.8. The van der Waals surface area contributed by atoms with Gasteiger partial charge in [0.1, 0.15) is 41.0 Å². The largest absolute Gasteiger partial charge is 0.461 e. The van der Waals surface area contributed by atoms with Crippen LogP contribution in [0.1, 0.15) is 53.8 Å². The van der Waals surface area contributed by atoms with Crippen LogP contribution in [0.3, 0.4) is 0 Å². The van der Waals surface area contributed by atoms with Gasteiger partial charge in [0.15, 0.2) is 11.5 Å². The lowest BCUT2D eigenvalue weighted by atomic mass is 9.95. The van der Waals surface area contributed by atoms with Gasteiger partial charge in [-0.1, -0.05) is 17.7 Å². The number of hydrogen-bond acceptors (Lipinski definition) is 10. The molecule has 0 radical (unpaired) electrons. The number of thiophene rings is 1. The maximum absolute atomic E-state index is 17.2. The SMILES string of the molecule is CN(C)C(=O)c1cc2n(n1)CCCCN(c1nc(OC[C@@]34CCCN3C[C@H](F)C4)nc3c(F)c(-c4ccc(F)c5sc(N)c(C#N)c45)c(Cl)cc13)C2. The first-order chi connectivity index (χ1) is 25.0. The molecule has 1 amide bonds. The zero-order valence-electron chi connectivity index (χ0n) is 28.6. The molecule has 270 valence electrons. The summed E-state index contributed by atoms with van der Waals surface area (Å²) in [6, 6.07) is 7.85. The second-order valence-corrected chi connectivity index (χ2v) is 15.4. The number of aryl methyl sites for hydroxylation is 1. The van der Waals surface area contributed by atoms with Crippen molar-refractivity contribution in [2.75, 3.05) is 51.0 Å². The van der Waals surface area contributed by atoms with Gasteiger partial charge in [0.05, 0.1) is 33.1 Å². The Balaban J connectivity index is 1.29. The minimum absolute atomic E-state index is 0.00136. The molecule has 2 saturated heterocycles. The van der Waals surface area contributed by atoms with Gasteiger partial charge in [0.25, 0.3) is 5.91 Å². The fourth-order valence-corrected chi connectivity index (χ4v) is 9.24. The predicted molar refractivity (Wildman–Crippen MR) is 193 cm³/mol. The van der Waals surface area contributed by atoms with Crippen LogP contribution in [0.25, 0.3) is 32.1 Å². The number of rotatable bonds is 6. The van der Waals surface area contributed by atoms with Crippen molar-refractivity contribution in [3.8, 4) is 23.2 Å². The molecule has 0 unspecified atom stereocenters. The molecule has 11 nitrogen and oxygen atoms in total. The van der Waals surface area contributed by atoms with Crippen LogP contribution >= 0.6 is 22.9 Å². The number of nitrogen functional groups attached to an aromatic ring is 1. The molecule has 0 bridgehead atoms. The molecule has 8 rings (SSSR count). The third-order valence-electron chi connectivity index (χ3n) is 10.5. The Morgan fingerprint density at radius 2 is 2.00 bits per heavy atom. The van der Waals surface area contributed by atoms with E-state index in [4.69, 9.17) is 27.1 Å². The molecule has 2 aromatic carbocycles. The number of nitrogens with two attached hydrogens (primary N) is 1. The van der Waals surface area contributed by atoms with Crippen LogP contribution in [-0.4, -0.2) is 87.5 Å². The highest BCUT2D eigenvalue weighted by molar-refractivity contribution is 7.23. The number of ether oxygens (including phenoxy) is 1. The quantitative estimate of drug-likeness (QED) is 0.206. The summed E-state index contributed by atoms with van der Waals surface area (Å²) in [5, 5.41) is 15.1. The average molecular weight is 750 g/mol. The van der Waals surface area contributed by atoms with Gasteiger partial charge in [0, 0.05) is 56.5 Å². The van der Waals surface area contributed by atoms with Gasteiger partial charge in [-0.05, 0) is 56.0 Å². The molecule has 5 aromatic rings. The summed E-state index contributed by atoms with van der Waals surface area (Å²) in [6.07, 6.45) is 2.55. The van der Waals surface area contributed by atoms with Crippen LogP contribution in [0.15, 0.2) is 24.3 Å². The second-order valence-electron chi connectivity index (χ2n) is 14.0. The number of amides is 1. The number of alkyl halides is 1. The van der Waals surface area contributed by atoms with E-state index in [0.717, 1.165) is 49.3 Å². The number of carbonyl (C=O) groups is 1. The molecular formula is C36H35ClF3N9O2S. The standard InChI is InChI=1S/C36H35ClF3N9O2S/c1-46(2)34(50)26-12-20-17-47(9-3-4-11-49(20)45-26)33-22-13-24(37)28(21-6-7-25(39)31-27(21)23(15-41)32(42)52-31)29(40)30(22)43-35(44-33)51-18-36-8-5-10-48(36)16-19(38)14-36/h6-7,12-13,19H,3-5,8-11,14,16-18,42H2,1-2H3/t19-,36+/m1/s1. The first-order valence-electron chi connectivity index (χ1n) is 17.1. The zero-order chi connectivity index (χ0) is 36.5. The number of halogens is 4. The normalized spacial score (nSPS) is 20.5. The molecule has 6 heterocycles. The first-order valence-corrected chi connectivity index (χ1v) is 18.3. The maximum Gasteiger partial charge on any atom is 0.319 e. The van der Waals surface area contributed by atoms with Crippen molar-refractivity contribution in [3.05, 3.63) is 57.9 Å². The number of benzene rings is 2. The lowest BCUT2D eigenvalue weighted by molar-refractivity contribution is 0.0821. The minimum Gasteiger partial charge on any atom is -0.461 e. The average Bonchev–Trinajstić information content (AvgIpc) is 3.85. The summed E-state index contributed by atoms with van der Waals surface area (Å²) in [5.41, 5.74) is 6.75. The molecule has 52 heavy (non-hydrogen) atoms. The van der Waals surface area contributed by atoms with E-state index >= 15 is 4.39 Å². The fraction of sp³-hybridized carbons (Fsp3) is 0.417. The lowest BCUT2D eigenvalue weighted by Gasteiger charge is -2.31. The third-order valence-corrected chi connectivity index (χ3v) is 11.8. The fourth-order valence-electron chi connectivity index (χ4n) is 8.00. The van der Waals surface area contributed by atoms with Crippen molar-refractivity contribution in [1.29, 1.82) is 5.26 Å². The van der Waals surface area contributed by atoms with E-state index in [1.165, 1.54) is 17.0 Å². The van der Waals surface area contributed by atoms with Crippen molar-refractivity contribution < 1.29 is 22.7 Å². The summed E-state index contributed by atoms with van der Waals surface area (Å²) < 4.78 is 55.0. The number of nitrogens with zero attached hydrogens (tertiary/aromatic N) is 8. The van der Waals surface area contributed by atoms with Crippen LogP contribution in [-0.2, 0) is 13.1 Å². The zero-order valence-corrected chi connectivity index (χ0v) is 30.1. The smallest absolute Gasteiger partial charge is 0.319 e. The molecule has 16 heteroatoms. The number of aromatic nitrogens is 4. The summed E-state index contributed by atoms with van der Waals surface area (Å²) in [5.74, 6) is -1.26. The van der Waals surface area contributed by atoms with Crippen LogP contribution in [0.2, 0.25) is 5.02 Å². The second kappa shape index (κ2) is 13.1. The molecule has 2 N–H and O–H groups in total. The van der Waals surface area contributed by atoms with Gasteiger partial charge in [-0.25, -0.2) is 13.2 Å². The van der Waals surface area contributed by atoms with Gasteiger partial charge in [-0.3, -0.25) is 14.4 Å². The van der Waals surface area contributed by atoms with Crippen molar-refractivity contribution in [1.82, 2.24) is 29.5 Å². The van der Waals surface area contributed by atoms with Gasteiger partial charge >= 0.3 is 6.01 Å². The molecule has 2 atom stereocenters. The highest BCUT2D eigenvalue weighted by Crippen LogP contribution is 2.46. The van der Waals surface area contributed by atoms with Gasteiger partial charge in [-0.2, -0.15) is 20.3 Å². The van der Waals surface area contributed by atoms with Crippen molar-refractivity contribution >= 4 is 60.7 Å². The van der Waals surface area contributed by atoms with Gasteiger partial charge in [-0.15, -0.1) is 11.3 Å². The third kappa shape index (κ3) is 5.68. The molecule has 2 fully saturated rings. The van der Waals surface area contributed by atoms with Gasteiger partial charge < -0.3 is 20.3 Å². The molecule has 3 aliphatic rings. The van der Waals surface area contributed by atoms with E-state index in [-0.39, 0.29) is 60.8 Å². The van der Waals surface area contributed by atoms with Crippen molar-refractivity contribution in [2.45, 2.75) is 56.9 Å². The summed E-state index contributed by atoms with van der Waals surface area (Å²) >= 11 is 7.82. The number of anilines is 2. The number of carbonyl (C=O) groups excluding carboxylic acids is 1. The van der Waals surface area contributed by atoms with E-state index in [1.807, 2.05) is 15.7 Å². The Hall–Kier alpha value is -4.65. The van der Waals surface area contributed by atoms with E-state index in [9.17, 15) is 18.8 Å².